The first-order valence-corrected chi connectivity index (χ1v) is 6.89. The molecule has 0 radical (unpaired) electrons. The largest absolute Gasteiger partial charge is 0.381 e. The van der Waals surface area contributed by atoms with Gasteiger partial charge in [0, 0.05) is 25.2 Å². The number of rotatable bonds is 5. The van der Waals surface area contributed by atoms with E-state index in [2.05, 4.69) is 17.6 Å². The quantitative estimate of drug-likeness (QED) is 0.746. The van der Waals surface area contributed by atoms with Crippen LogP contribution in [-0.4, -0.2) is 38.4 Å². The van der Waals surface area contributed by atoms with Crippen molar-refractivity contribution in [3.63, 3.8) is 0 Å². The summed E-state index contributed by atoms with van der Waals surface area (Å²) in [6.45, 7) is 6.59. The Morgan fingerprint density at radius 1 is 1.38 bits per heavy atom. The highest BCUT2D eigenvalue weighted by Crippen LogP contribution is 2.14. The van der Waals surface area contributed by atoms with Gasteiger partial charge in [-0.05, 0) is 51.5 Å². The predicted molar refractivity (Wildman–Crippen MR) is 66.6 cm³/mol. The van der Waals surface area contributed by atoms with E-state index in [1.165, 1.54) is 38.6 Å². The van der Waals surface area contributed by atoms with Crippen molar-refractivity contribution in [1.82, 2.24) is 10.6 Å². The van der Waals surface area contributed by atoms with Gasteiger partial charge in [-0.25, -0.2) is 0 Å². The first-order valence-electron chi connectivity index (χ1n) is 6.89. The van der Waals surface area contributed by atoms with Gasteiger partial charge in [0.25, 0.3) is 0 Å². The van der Waals surface area contributed by atoms with Gasteiger partial charge in [0.2, 0.25) is 0 Å². The van der Waals surface area contributed by atoms with Gasteiger partial charge in [0.1, 0.15) is 0 Å². The molecule has 2 saturated heterocycles. The van der Waals surface area contributed by atoms with E-state index in [0.29, 0.717) is 6.04 Å². The average Bonchev–Trinajstić information content (AvgIpc) is 2.81. The fourth-order valence-corrected chi connectivity index (χ4v) is 2.80. The molecule has 3 atom stereocenters. The van der Waals surface area contributed by atoms with Gasteiger partial charge in [-0.15, -0.1) is 0 Å². The molecule has 16 heavy (non-hydrogen) atoms. The Labute approximate surface area is 99.3 Å². The Morgan fingerprint density at radius 2 is 2.31 bits per heavy atom. The number of hydrogen-bond acceptors (Lipinski definition) is 3. The summed E-state index contributed by atoms with van der Waals surface area (Å²) in [7, 11) is 0. The SMILES string of the molecule is CC(CC1CCCN1)NCC1CCCOC1. The van der Waals surface area contributed by atoms with Gasteiger partial charge in [-0.3, -0.25) is 0 Å². The zero-order valence-electron chi connectivity index (χ0n) is 10.5. The van der Waals surface area contributed by atoms with Gasteiger partial charge < -0.3 is 15.4 Å². The van der Waals surface area contributed by atoms with Crippen LogP contribution < -0.4 is 10.6 Å². The van der Waals surface area contributed by atoms with E-state index in [1.807, 2.05) is 0 Å². The first kappa shape index (κ1) is 12.3. The third kappa shape index (κ3) is 4.04. The van der Waals surface area contributed by atoms with Crippen LogP contribution in [-0.2, 0) is 4.74 Å². The Bertz CT molecular complexity index is 186. The van der Waals surface area contributed by atoms with E-state index in [0.717, 1.165) is 31.7 Å². The van der Waals surface area contributed by atoms with Crippen LogP contribution in [0.1, 0.15) is 39.0 Å². The van der Waals surface area contributed by atoms with Crippen molar-refractivity contribution >= 4 is 0 Å². The summed E-state index contributed by atoms with van der Waals surface area (Å²) >= 11 is 0. The molecule has 3 unspecified atom stereocenters. The molecule has 3 heteroatoms. The lowest BCUT2D eigenvalue weighted by atomic mass is 10.0. The second kappa shape index (κ2) is 6.58. The number of nitrogens with one attached hydrogen (secondary N) is 2. The maximum absolute atomic E-state index is 5.50. The van der Waals surface area contributed by atoms with E-state index in [4.69, 9.17) is 4.74 Å². The second-order valence-electron chi connectivity index (χ2n) is 5.42. The van der Waals surface area contributed by atoms with Gasteiger partial charge in [0.05, 0.1) is 6.61 Å². The monoisotopic (exact) mass is 226 g/mol. The van der Waals surface area contributed by atoms with Crippen molar-refractivity contribution in [2.75, 3.05) is 26.3 Å². The fraction of sp³-hybridized carbons (Fsp3) is 1.00. The van der Waals surface area contributed by atoms with Gasteiger partial charge >= 0.3 is 0 Å². The molecule has 0 aromatic heterocycles. The molecule has 0 aromatic rings. The van der Waals surface area contributed by atoms with Crippen LogP contribution in [0.3, 0.4) is 0 Å². The summed E-state index contributed by atoms with van der Waals surface area (Å²) in [5.74, 6) is 0.743. The van der Waals surface area contributed by atoms with Crippen LogP contribution in [0.25, 0.3) is 0 Å². The van der Waals surface area contributed by atoms with Crippen molar-refractivity contribution in [2.45, 2.75) is 51.1 Å². The molecule has 2 heterocycles. The number of ether oxygens (including phenoxy) is 1. The van der Waals surface area contributed by atoms with Crippen molar-refractivity contribution in [1.29, 1.82) is 0 Å². The van der Waals surface area contributed by atoms with Gasteiger partial charge in [-0.1, -0.05) is 0 Å². The molecule has 94 valence electrons. The van der Waals surface area contributed by atoms with E-state index in [9.17, 15) is 0 Å². The van der Waals surface area contributed by atoms with Crippen LogP contribution in [0, 0.1) is 5.92 Å². The third-order valence-corrected chi connectivity index (χ3v) is 3.81. The Kier molecular flexibility index (Phi) is 5.07. The van der Waals surface area contributed by atoms with Crippen molar-refractivity contribution in [2.24, 2.45) is 5.92 Å². The van der Waals surface area contributed by atoms with Crippen LogP contribution >= 0.6 is 0 Å². The highest BCUT2D eigenvalue weighted by molar-refractivity contribution is 4.79. The minimum absolute atomic E-state index is 0.637. The van der Waals surface area contributed by atoms with Crippen LogP contribution in [0.2, 0.25) is 0 Å². The van der Waals surface area contributed by atoms with E-state index in [1.54, 1.807) is 0 Å². The summed E-state index contributed by atoms with van der Waals surface area (Å²) in [4.78, 5) is 0. The van der Waals surface area contributed by atoms with Gasteiger partial charge in [-0.2, -0.15) is 0 Å². The molecule has 2 fully saturated rings. The predicted octanol–water partition coefficient (Wildman–Crippen LogP) is 1.53. The standard InChI is InChI=1S/C13H26N2O/c1-11(8-13-5-2-6-14-13)15-9-12-4-3-7-16-10-12/h11-15H,2-10H2,1H3. The first-order chi connectivity index (χ1) is 7.84. The molecule has 2 aliphatic rings. The van der Waals surface area contributed by atoms with Crippen LogP contribution in [0.5, 0.6) is 0 Å². The summed E-state index contributed by atoms with van der Waals surface area (Å²) in [5, 5.41) is 7.22. The van der Waals surface area contributed by atoms with E-state index < -0.39 is 0 Å². The molecular weight excluding hydrogens is 200 g/mol. The lowest BCUT2D eigenvalue weighted by Gasteiger charge is -2.25. The Morgan fingerprint density at radius 3 is 3.00 bits per heavy atom. The summed E-state index contributed by atoms with van der Waals surface area (Å²) in [6.07, 6.45) is 6.56. The minimum Gasteiger partial charge on any atom is -0.381 e. The maximum atomic E-state index is 5.50. The summed E-state index contributed by atoms with van der Waals surface area (Å²) in [6, 6.07) is 1.39. The second-order valence-corrected chi connectivity index (χ2v) is 5.42. The van der Waals surface area contributed by atoms with Crippen molar-refractivity contribution in [3.8, 4) is 0 Å². The molecule has 0 bridgehead atoms. The fourth-order valence-electron chi connectivity index (χ4n) is 2.80. The topological polar surface area (TPSA) is 33.3 Å². The summed E-state index contributed by atoms with van der Waals surface area (Å²) in [5.41, 5.74) is 0. The molecule has 2 aliphatic heterocycles. The van der Waals surface area contributed by atoms with Crippen LogP contribution in [0.15, 0.2) is 0 Å². The summed E-state index contributed by atoms with van der Waals surface area (Å²) < 4.78 is 5.50. The molecule has 0 spiro atoms. The minimum atomic E-state index is 0.637. The maximum Gasteiger partial charge on any atom is 0.0506 e. The molecule has 0 amide bonds. The highest BCUT2D eigenvalue weighted by atomic mass is 16.5. The zero-order valence-corrected chi connectivity index (χ0v) is 10.5. The molecule has 0 saturated carbocycles. The zero-order chi connectivity index (χ0) is 11.2. The van der Waals surface area contributed by atoms with E-state index >= 15 is 0 Å². The van der Waals surface area contributed by atoms with E-state index in [-0.39, 0.29) is 0 Å². The molecule has 2 N–H and O–H groups in total. The smallest absolute Gasteiger partial charge is 0.0506 e. The third-order valence-electron chi connectivity index (χ3n) is 3.81. The molecular formula is C13H26N2O. The van der Waals surface area contributed by atoms with Crippen molar-refractivity contribution in [3.05, 3.63) is 0 Å². The van der Waals surface area contributed by atoms with Gasteiger partial charge in [0.15, 0.2) is 0 Å². The molecule has 0 aliphatic carbocycles. The average molecular weight is 226 g/mol. The Balaban J connectivity index is 1.57. The molecule has 0 aromatic carbocycles. The normalized spacial score (nSPS) is 32.8. The van der Waals surface area contributed by atoms with Crippen molar-refractivity contribution < 1.29 is 4.74 Å². The molecule has 2 rings (SSSR count). The number of hydrogen-bond donors (Lipinski definition) is 2. The Hall–Kier alpha value is -0.120. The molecule has 3 nitrogen and oxygen atoms in total. The highest BCUT2D eigenvalue weighted by Gasteiger charge is 2.18. The lowest BCUT2D eigenvalue weighted by molar-refractivity contribution is 0.0538. The lowest BCUT2D eigenvalue weighted by Crippen LogP contribution is -2.38. The van der Waals surface area contributed by atoms with Crippen LogP contribution in [0.4, 0.5) is 0 Å².